The highest BCUT2D eigenvalue weighted by atomic mass is 15.0. The standard InChI is InChI=1S/C49H28N6/c50-28-31-17-18-46-41(23-31)38-13-4-7-16-45(38)55(46)37-22-32(29-51)21-34(25-37)33-9-8-12-36(24-33)54-48-27-47-42(26-43(48)40-19-20-52-30-49(40)54)39-14-5-6-15-44(39)53(47)35-10-2-1-3-11-35/h1-27,30H. The Balaban J connectivity index is 1.14. The molecule has 0 unspecified atom stereocenters. The van der Waals surface area contributed by atoms with E-state index in [2.05, 4.69) is 146 Å². The third-order valence-corrected chi connectivity index (χ3v) is 10.9. The minimum atomic E-state index is 0.565. The third-order valence-electron chi connectivity index (χ3n) is 10.9. The van der Waals surface area contributed by atoms with Gasteiger partial charge in [0.15, 0.2) is 0 Å². The topological polar surface area (TPSA) is 75.3 Å². The van der Waals surface area contributed by atoms with Gasteiger partial charge in [0, 0.05) is 55.6 Å². The van der Waals surface area contributed by atoms with E-state index in [9.17, 15) is 10.5 Å². The van der Waals surface area contributed by atoms with Crippen molar-refractivity contribution in [3.8, 4) is 40.3 Å². The second-order valence-electron chi connectivity index (χ2n) is 13.9. The number of hydrogen-bond acceptors (Lipinski definition) is 3. The molecule has 6 nitrogen and oxygen atoms in total. The predicted molar refractivity (Wildman–Crippen MR) is 222 cm³/mol. The largest absolute Gasteiger partial charge is 0.309 e. The van der Waals surface area contributed by atoms with Crippen LogP contribution in [-0.2, 0) is 0 Å². The third kappa shape index (κ3) is 4.56. The molecule has 11 rings (SSSR count). The first-order chi connectivity index (χ1) is 27.2. The summed E-state index contributed by atoms with van der Waals surface area (Å²) in [5.74, 6) is 0. The summed E-state index contributed by atoms with van der Waals surface area (Å²) >= 11 is 0. The van der Waals surface area contributed by atoms with Crippen molar-refractivity contribution in [1.82, 2.24) is 18.7 Å². The molecule has 0 aliphatic carbocycles. The fourth-order valence-electron chi connectivity index (χ4n) is 8.58. The van der Waals surface area contributed by atoms with E-state index in [1.54, 1.807) is 0 Å². The number of nitrogens with zero attached hydrogens (tertiary/aromatic N) is 6. The molecule has 0 N–H and O–H groups in total. The number of aromatic nitrogens is 4. The number of fused-ring (bicyclic) bond motifs is 9. The van der Waals surface area contributed by atoms with Crippen molar-refractivity contribution >= 4 is 65.4 Å². The number of benzene rings is 7. The molecule has 4 heterocycles. The minimum Gasteiger partial charge on any atom is -0.309 e. The summed E-state index contributed by atoms with van der Waals surface area (Å²) in [6.07, 6.45) is 3.81. The maximum atomic E-state index is 10.3. The Bertz CT molecular complexity index is 3460. The van der Waals surface area contributed by atoms with Crippen molar-refractivity contribution in [3.05, 3.63) is 181 Å². The Morgan fingerprint density at radius 1 is 0.364 bits per heavy atom. The molecule has 4 aromatic heterocycles. The molecule has 0 aliphatic rings. The van der Waals surface area contributed by atoms with Gasteiger partial charge in [-0.2, -0.15) is 10.5 Å². The molecule has 0 atom stereocenters. The SMILES string of the molecule is N#Cc1cc(-c2cccc(-n3c4cnccc4c4cc5c6ccccc6n(-c6ccccc6)c5cc43)c2)cc(-n2c3ccccc3c3cc(C#N)ccc32)c1. The van der Waals surface area contributed by atoms with E-state index in [4.69, 9.17) is 0 Å². The molecular formula is C49H28N6. The summed E-state index contributed by atoms with van der Waals surface area (Å²) in [6.45, 7) is 0. The first-order valence-corrected chi connectivity index (χ1v) is 18.1. The lowest BCUT2D eigenvalue weighted by Gasteiger charge is -2.13. The molecule has 6 heteroatoms. The van der Waals surface area contributed by atoms with Crippen LogP contribution in [0.5, 0.6) is 0 Å². The van der Waals surface area contributed by atoms with Crippen molar-refractivity contribution in [2.24, 2.45) is 0 Å². The Morgan fingerprint density at radius 3 is 1.71 bits per heavy atom. The molecule has 0 amide bonds. The second-order valence-corrected chi connectivity index (χ2v) is 13.9. The highest BCUT2D eigenvalue weighted by Gasteiger charge is 2.20. The van der Waals surface area contributed by atoms with Gasteiger partial charge in [-0.25, -0.2) is 0 Å². The summed E-state index contributed by atoms with van der Waals surface area (Å²) in [5, 5.41) is 26.7. The van der Waals surface area contributed by atoms with Crippen molar-refractivity contribution in [2.75, 3.05) is 0 Å². The minimum absolute atomic E-state index is 0.565. The van der Waals surface area contributed by atoms with Crippen molar-refractivity contribution in [3.63, 3.8) is 0 Å². The predicted octanol–water partition coefficient (Wildman–Crippen LogP) is 11.8. The first kappa shape index (κ1) is 30.7. The fourth-order valence-corrected chi connectivity index (χ4v) is 8.58. The summed E-state index contributed by atoms with van der Waals surface area (Å²) in [5.41, 5.74) is 12.5. The average Bonchev–Trinajstić information content (AvgIpc) is 3.88. The Hall–Kier alpha value is -7.93. The summed E-state index contributed by atoms with van der Waals surface area (Å²) in [7, 11) is 0. The van der Waals surface area contributed by atoms with Gasteiger partial charge in [0.05, 0.1) is 62.6 Å². The van der Waals surface area contributed by atoms with Crippen LogP contribution in [0.3, 0.4) is 0 Å². The van der Waals surface area contributed by atoms with Crippen molar-refractivity contribution in [1.29, 1.82) is 10.5 Å². The van der Waals surface area contributed by atoms with Crippen LogP contribution in [0, 0.1) is 22.7 Å². The summed E-state index contributed by atoms with van der Waals surface area (Å²) in [6, 6.07) is 59.2. The zero-order valence-corrected chi connectivity index (χ0v) is 29.3. The van der Waals surface area contributed by atoms with Gasteiger partial charge in [0.1, 0.15) is 0 Å². The zero-order valence-electron chi connectivity index (χ0n) is 29.3. The van der Waals surface area contributed by atoms with E-state index in [0.717, 1.165) is 82.8 Å². The highest BCUT2D eigenvalue weighted by molar-refractivity contribution is 6.19. The van der Waals surface area contributed by atoms with Gasteiger partial charge >= 0.3 is 0 Å². The van der Waals surface area contributed by atoms with Crippen LogP contribution in [0.15, 0.2) is 170 Å². The van der Waals surface area contributed by atoms with Crippen LogP contribution in [0.25, 0.3) is 93.6 Å². The molecule has 0 bridgehead atoms. The monoisotopic (exact) mass is 700 g/mol. The normalized spacial score (nSPS) is 11.6. The Morgan fingerprint density at radius 2 is 0.964 bits per heavy atom. The van der Waals surface area contributed by atoms with Crippen molar-refractivity contribution < 1.29 is 0 Å². The molecule has 0 radical (unpaired) electrons. The molecule has 254 valence electrons. The molecule has 0 spiro atoms. The summed E-state index contributed by atoms with van der Waals surface area (Å²) < 4.78 is 6.85. The van der Waals surface area contributed by atoms with Gasteiger partial charge in [-0.05, 0) is 102 Å². The number of para-hydroxylation sites is 3. The zero-order chi connectivity index (χ0) is 36.6. The van der Waals surface area contributed by atoms with E-state index in [-0.39, 0.29) is 0 Å². The van der Waals surface area contributed by atoms with Crippen LogP contribution in [0.1, 0.15) is 11.1 Å². The van der Waals surface area contributed by atoms with Gasteiger partial charge in [-0.1, -0.05) is 66.7 Å². The molecule has 0 saturated heterocycles. The maximum Gasteiger partial charge on any atom is 0.0992 e. The lowest BCUT2D eigenvalue weighted by atomic mass is 10.0. The van der Waals surface area contributed by atoms with Gasteiger partial charge in [-0.3, -0.25) is 4.98 Å². The molecule has 0 saturated carbocycles. The Kier molecular flexibility index (Phi) is 6.58. The molecule has 0 aliphatic heterocycles. The molecule has 55 heavy (non-hydrogen) atoms. The van der Waals surface area contributed by atoms with Crippen LogP contribution in [0.2, 0.25) is 0 Å². The quantitative estimate of drug-likeness (QED) is 0.183. The summed E-state index contributed by atoms with van der Waals surface area (Å²) in [4.78, 5) is 4.59. The highest BCUT2D eigenvalue weighted by Crippen LogP contribution is 2.40. The number of pyridine rings is 1. The second kappa shape index (κ2) is 11.8. The van der Waals surface area contributed by atoms with E-state index in [0.29, 0.717) is 11.1 Å². The van der Waals surface area contributed by atoms with Crippen LogP contribution in [0.4, 0.5) is 0 Å². The maximum absolute atomic E-state index is 10.3. The smallest absolute Gasteiger partial charge is 0.0992 e. The van der Waals surface area contributed by atoms with E-state index in [1.807, 2.05) is 54.9 Å². The van der Waals surface area contributed by atoms with E-state index >= 15 is 0 Å². The molecule has 7 aromatic carbocycles. The van der Waals surface area contributed by atoms with Gasteiger partial charge in [-0.15, -0.1) is 0 Å². The number of nitriles is 2. The molecular weight excluding hydrogens is 673 g/mol. The molecule has 11 aromatic rings. The van der Waals surface area contributed by atoms with Crippen LogP contribution in [-0.4, -0.2) is 18.7 Å². The lowest BCUT2D eigenvalue weighted by molar-refractivity contribution is 1.16. The van der Waals surface area contributed by atoms with E-state index in [1.165, 1.54) is 10.8 Å². The molecule has 0 fully saturated rings. The van der Waals surface area contributed by atoms with Gasteiger partial charge in [0.25, 0.3) is 0 Å². The Labute approximate surface area is 315 Å². The lowest BCUT2D eigenvalue weighted by Crippen LogP contribution is -1.97. The number of hydrogen-bond donors (Lipinski definition) is 0. The number of rotatable bonds is 4. The average molecular weight is 701 g/mol. The van der Waals surface area contributed by atoms with Crippen molar-refractivity contribution in [2.45, 2.75) is 0 Å². The fraction of sp³-hybridized carbons (Fsp3) is 0. The van der Waals surface area contributed by atoms with Gasteiger partial charge < -0.3 is 13.7 Å². The van der Waals surface area contributed by atoms with Gasteiger partial charge in [0.2, 0.25) is 0 Å². The van der Waals surface area contributed by atoms with Crippen LogP contribution >= 0.6 is 0 Å². The van der Waals surface area contributed by atoms with Crippen LogP contribution < -0.4 is 0 Å². The van der Waals surface area contributed by atoms with E-state index < -0.39 is 0 Å². The first-order valence-electron chi connectivity index (χ1n) is 18.1.